The lowest BCUT2D eigenvalue weighted by Crippen LogP contribution is -2.46. The molecule has 9 nitrogen and oxygen atoms in total. The van der Waals surface area contributed by atoms with Crippen LogP contribution in [0.4, 0.5) is 9.59 Å². The minimum atomic E-state index is -0.891. The number of nitrogens with one attached hydrogen (secondary N) is 2. The second-order valence-electron chi connectivity index (χ2n) is 9.08. The Kier molecular flexibility index (Phi) is 9.77. The summed E-state index contributed by atoms with van der Waals surface area (Å²) in [6, 6.07) is 6.26. The molecule has 174 valence electrons. The normalized spacial score (nSPS) is 12.5. The van der Waals surface area contributed by atoms with Gasteiger partial charge in [-0.3, -0.25) is 10.1 Å². The van der Waals surface area contributed by atoms with Crippen LogP contribution in [0, 0.1) is 0 Å². The monoisotopic (exact) mass is 437 g/mol. The molecule has 0 heterocycles. The van der Waals surface area contributed by atoms with E-state index in [2.05, 4.69) is 10.6 Å². The number of imide groups is 1. The highest BCUT2D eigenvalue weighted by Crippen LogP contribution is 2.14. The van der Waals surface area contributed by atoms with Gasteiger partial charge in [-0.05, 0) is 72.1 Å². The predicted molar refractivity (Wildman–Crippen MR) is 117 cm³/mol. The fourth-order valence-corrected chi connectivity index (χ4v) is 2.33. The Labute approximate surface area is 184 Å². The molecule has 4 N–H and O–H groups in total. The van der Waals surface area contributed by atoms with Gasteiger partial charge in [-0.25, -0.2) is 9.59 Å². The largest absolute Gasteiger partial charge is 0.494 e. The van der Waals surface area contributed by atoms with E-state index in [9.17, 15) is 14.4 Å². The number of benzene rings is 1. The summed E-state index contributed by atoms with van der Waals surface area (Å²) < 4.78 is 15.8. The number of hydrogen-bond donors (Lipinski definition) is 3. The van der Waals surface area contributed by atoms with E-state index in [-0.39, 0.29) is 6.42 Å². The van der Waals surface area contributed by atoms with Crippen LogP contribution in [0.1, 0.15) is 53.5 Å². The van der Waals surface area contributed by atoms with E-state index in [0.29, 0.717) is 25.3 Å². The van der Waals surface area contributed by atoms with E-state index < -0.39 is 35.3 Å². The highest BCUT2D eigenvalue weighted by Gasteiger charge is 2.21. The van der Waals surface area contributed by atoms with Gasteiger partial charge in [-0.2, -0.15) is 0 Å². The number of rotatable bonds is 8. The van der Waals surface area contributed by atoms with Crippen LogP contribution in [0.25, 0.3) is 0 Å². The van der Waals surface area contributed by atoms with Crippen LogP contribution in [0.15, 0.2) is 24.3 Å². The van der Waals surface area contributed by atoms with E-state index in [1.165, 1.54) is 0 Å². The summed E-state index contributed by atoms with van der Waals surface area (Å²) in [5.74, 6) is 0.0554. The average Bonchev–Trinajstić information content (AvgIpc) is 2.59. The molecule has 0 bridgehead atoms. The number of amides is 3. The molecule has 1 rings (SSSR count). The molecule has 0 spiro atoms. The van der Waals surface area contributed by atoms with Crippen molar-refractivity contribution < 1.29 is 28.6 Å². The van der Waals surface area contributed by atoms with Gasteiger partial charge in [0.25, 0.3) is 0 Å². The Bertz CT molecular complexity index is 735. The van der Waals surface area contributed by atoms with Crippen molar-refractivity contribution in [2.24, 2.45) is 5.73 Å². The summed E-state index contributed by atoms with van der Waals surface area (Å²) in [6.45, 7) is 11.4. The third-order valence-electron chi connectivity index (χ3n) is 3.60. The number of nitrogens with two attached hydrogens (primary N) is 1. The average molecular weight is 438 g/mol. The molecule has 0 unspecified atom stereocenters. The van der Waals surface area contributed by atoms with E-state index in [0.717, 1.165) is 5.56 Å². The summed E-state index contributed by atoms with van der Waals surface area (Å²) in [5, 5.41) is 4.81. The summed E-state index contributed by atoms with van der Waals surface area (Å²) in [5.41, 5.74) is 5.48. The maximum atomic E-state index is 12.0. The number of alkyl carbamates (subject to hydrolysis) is 2. The van der Waals surface area contributed by atoms with Crippen molar-refractivity contribution in [2.75, 3.05) is 13.2 Å². The van der Waals surface area contributed by atoms with Gasteiger partial charge in [-0.15, -0.1) is 0 Å². The van der Waals surface area contributed by atoms with E-state index in [1.54, 1.807) is 65.8 Å². The molecule has 1 aromatic rings. The highest BCUT2D eigenvalue weighted by atomic mass is 16.6. The van der Waals surface area contributed by atoms with E-state index in [1.807, 2.05) is 0 Å². The molecule has 0 aromatic heterocycles. The second kappa shape index (κ2) is 11.5. The van der Waals surface area contributed by atoms with Crippen molar-refractivity contribution in [3.8, 4) is 5.75 Å². The Morgan fingerprint density at radius 2 is 1.48 bits per heavy atom. The lowest BCUT2D eigenvalue weighted by Gasteiger charge is -2.20. The summed E-state index contributed by atoms with van der Waals surface area (Å²) in [6.07, 6.45) is -0.396. The van der Waals surface area contributed by atoms with Crippen LogP contribution >= 0.6 is 0 Å². The first-order valence-electron chi connectivity index (χ1n) is 10.2. The first-order valence-corrected chi connectivity index (χ1v) is 10.2. The van der Waals surface area contributed by atoms with Gasteiger partial charge in [0.1, 0.15) is 17.0 Å². The topological polar surface area (TPSA) is 129 Å². The third kappa shape index (κ3) is 12.5. The standard InChI is InChI=1S/C22H35N3O6/c1-21(2,3)30-19(27)24-12-7-13-29-16-10-8-15(9-11-16)14-17(23)18(26)25-20(28)31-22(4,5)6/h8-11,17H,7,12-14,23H2,1-6H3,(H,24,27)(H,25,26,28)/t17-/m0/s1. The maximum Gasteiger partial charge on any atom is 0.414 e. The maximum absolute atomic E-state index is 12.0. The Hall–Kier alpha value is -2.81. The van der Waals surface area contributed by atoms with Crippen molar-refractivity contribution in [2.45, 2.75) is 71.6 Å². The molecule has 0 radical (unpaired) electrons. The van der Waals surface area contributed by atoms with Gasteiger partial charge in [0, 0.05) is 6.54 Å². The third-order valence-corrected chi connectivity index (χ3v) is 3.60. The Morgan fingerprint density at radius 3 is 2.03 bits per heavy atom. The summed E-state index contributed by atoms with van der Waals surface area (Å²) in [4.78, 5) is 35.2. The SMILES string of the molecule is CC(C)(C)OC(=O)NCCCOc1ccc(C[C@H](N)C(=O)NC(=O)OC(C)(C)C)cc1. The minimum Gasteiger partial charge on any atom is -0.494 e. The predicted octanol–water partition coefficient (Wildman–Crippen LogP) is 2.90. The number of hydrogen-bond acceptors (Lipinski definition) is 7. The fraction of sp³-hybridized carbons (Fsp3) is 0.591. The molecule has 0 saturated carbocycles. The molecule has 31 heavy (non-hydrogen) atoms. The second-order valence-corrected chi connectivity index (χ2v) is 9.08. The Balaban J connectivity index is 2.34. The molecule has 0 aliphatic carbocycles. The van der Waals surface area contributed by atoms with Crippen LogP contribution in [-0.2, 0) is 20.7 Å². The first-order chi connectivity index (χ1) is 14.2. The Morgan fingerprint density at radius 1 is 0.935 bits per heavy atom. The van der Waals surface area contributed by atoms with Crippen LogP contribution in [0.5, 0.6) is 5.75 Å². The summed E-state index contributed by atoms with van der Waals surface area (Å²) in [7, 11) is 0. The molecule has 1 aromatic carbocycles. The van der Waals surface area contributed by atoms with Crippen LogP contribution in [0.2, 0.25) is 0 Å². The highest BCUT2D eigenvalue weighted by molar-refractivity contribution is 5.95. The molecule has 1 atom stereocenters. The van der Waals surface area contributed by atoms with E-state index in [4.69, 9.17) is 19.9 Å². The summed E-state index contributed by atoms with van der Waals surface area (Å²) >= 11 is 0. The van der Waals surface area contributed by atoms with Gasteiger partial charge >= 0.3 is 12.2 Å². The van der Waals surface area contributed by atoms with Gasteiger partial charge in [0.05, 0.1) is 12.6 Å². The zero-order valence-electron chi connectivity index (χ0n) is 19.2. The van der Waals surface area contributed by atoms with Crippen molar-refractivity contribution in [3.05, 3.63) is 29.8 Å². The van der Waals surface area contributed by atoms with Gasteiger partial charge in [0.15, 0.2) is 0 Å². The molecular formula is C22H35N3O6. The van der Waals surface area contributed by atoms with Crippen LogP contribution < -0.4 is 21.1 Å². The fourth-order valence-electron chi connectivity index (χ4n) is 2.33. The molecule has 0 fully saturated rings. The molecule has 3 amide bonds. The minimum absolute atomic E-state index is 0.259. The van der Waals surface area contributed by atoms with Gasteiger partial charge in [-0.1, -0.05) is 12.1 Å². The van der Waals surface area contributed by atoms with Crippen LogP contribution in [-0.4, -0.2) is 48.5 Å². The quantitative estimate of drug-likeness (QED) is 0.533. The number of ether oxygens (including phenoxy) is 3. The number of carbonyl (C=O) groups is 3. The molecule has 0 saturated heterocycles. The van der Waals surface area contributed by atoms with Gasteiger partial charge in [0.2, 0.25) is 5.91 Å². The van der Waals surface area contributed by atoms with Gasteiger partial charge < -0.3 is 25.3 Å². The zero-order valence-corrected chi connectivity index (χ0v) is 19.2. The van der Waals surface area contributed by atoms with Crippen molar-refractivity contribution in [1.29, 1.82) is 0 Å². The lowest BCUT2D eigenvalue weighted by molar-refractivity contribution is -0.122. The van der Waals surface area contributed by atoms with E-state index >= 15 is 0 Å². The van der Waals surface area contributed by atoms with Crippen molar-refractivity contribution >= 4 is 18.1 Å². The molecule has 9 heteroatoms. The lowest BCUT2D eigenvalue weighted by atomic mass is 10.1. The first kappa shape index (κ1) is 26.2. The smallest absolute Gasteiger partial charge is 0.414 e. The zero-order chi connectivity index (χ0) is 23.7. The van der Waals surface area contributed by atoms with Crippen molar-refractivity contribution in [1.82, 2.24) is 10.6 Å². The molecule has 0 aliphatic heterocycles. The molecular weight excluding hydrogens is 402 g/mol. The molecule has 0 aliphatic rings. The van der Waals surface area contributed by atoms with Crippen LogP contribution in [0.3, 0.4) is 0 Å². The number of carbonyl (C=O) groups excluding carboxylic acids is 3. The van der Waals surface area contributed by atoms with Crippen molar-refractivity contribution in [3.63, 3.8) is 0 Å².